The Balaban J connectivity index is 1.35. The van der Waals surface area contributed by atoms with Crippen LogP contribution in [-0.4, -0.2) is 46.9 Å². The van der Waals surface area contributed by atoms with Gasteiger partial charge >= 0.3 is 0 Å². The molecule has 5 heterocycles. The van der Waals surface area contributed by atoms with Gasteiger partial charge < -0.3 is 20.1 Å². The SMILES string of the molecule is Cc1ncc2nc(-c3cc([C@@H](C)NC(=O)c4ncnc5c4CCC(=O)N5)on3)[nH]c2n1. The molecule has 31 heavy (non-hydrogen) atoms. The van der Waals surface area contributed by atoms with Gasteiger partial charge in [0.15, 0.2) is 17.2 Å². The maximum absolute atomic E-state index is 12.8. The molecule has 0 unspecified atom stereocenters. The van der Waals surface area contributed by atoms with Gasteiger partial charge in [0.25, 0.3) is 5.91 Å². The smallest absolute Gasteiger partial charge is 0.270 e. The van der Waals surface area contributed by atoms with E-state index in [1.165, 1.54) is 6.33 Å². The van der Waals surface area contributed by atoms with Crippen molar-refractivity contribution in [3.63, 3.8) is 0 Å². The molecule has 4 aromatic rings. The summed E-state index contributed by atoms with van der Waals surface area (Å²) in [5.74, 6) is 1.41. The molecule has 0 radical (unpaired) electrons. The minimum atomic E-state index is -0.482. The van der Waals surface area contributed by atoms with E-state index in [2.05, 4.69) is 45.7 Å². The van der Waals surface area contributed by atoms with Gasteiger partial charge in [-0.2, -0.15) is 0 Å². The molecule has 0 bridgehead atoms. The maximum Gasteiger partial charge on any atom is 0.270 e. The van der Waals surface area contributed by atoms with Crippen LogP contribution in [0.25, 0.3) is 22.7 Å². The maximum atomic E-state index is 12.8. The molecule has 12 heteroatoms. The first-order valence-corrected chi connectivity index (χ1v) is 9.59. The lowest BCUT2D eigenvalue weighted by atomic mass is 10.0. The molecular weight excluding hydrogens is 402 g/mol. The molecule has 156 valence electrons. The fourth-order valence-electron chi connectivity index (χ4n) is 3.35. The number of carbonyl (C=O) groups is 2. The fourth-order valence-corrected chi connectivity index (χ4v) is 3.35. The Bertz CT molecular complexity index is 1330. The molecule has 0 saturated carbocycles. The minimum absolute atomic E-state index is 0.133. The molecule has 1 atom stereocenters. The highest BCUT2D eigenvalue weighted by Crippen LogP contribution is 2.24. The second-order valence-electron chi connectivity index (χ2n) is 7.14. The average Bonchev–Trinajstić information content (AvgIpc) is 3.39. The normalized spacial score (nSPS) is 14.2. The zero-order valence-corrected chi connectivity index (χ0v) is 16.6. The molecule has 0 saturated heterocycles. The summed E-state index contributed by atoms with van der Waals surface area (Å²) in [6, 6.07) is 1.21. The zero-order chi connectivity index (χ0) is 21.5. The number of carbonyl (C=O) groups excluding carboxylic acids is 2. The van der Waals surface area contributed by atoms with E-state index in [0.717, 1.165) is 0 Å². The monoisotopic (exact) mass is 419 g/mol. The number of imidazole rings is 1. The van der Waals surface area contributed by atoms with Crippen LogP contribution in [-0.2, 0) is 11.2 Å². The molecule has 3 N–H and O–H groups in total. The van der Waals surface area contributed by atoms with Crippen LogP contribution in [0.2, 0.25) is 0 Å². The molecule has 0 aromatic carbocycles. The van der Waals surface area contributed by atoms with Crippen LogP contribution in [0.1, 0.15) is 47.0 Å². The molecular formula is C19H17N9O3. The molecule has 4 aromatic heterocycles. The Morgan fingerprint density at radius 3 is 2.97 bits per heavy atom. The Morgan fingerprint density at radius 1 is 1.23 bits per heavy atom. The van der Waals surface area contributed by atoms with Crippen molar-refractivity contribution in [2.24, 2.45) is 0 Å². The zero-order valence-electron chi connectivity index (χ0n) is 16.6. The predicted octanol–water partition coefficient (Wildman–Crippen LogP) is 1.48. The number of aromatic nitrogens is 7. The third-order valence-electron chi connectivity index (χ3n) is 4.92. The largest absolute Gasteiger partial charge is 0.358 e. The lowest BCUT2D eigenvalue weighted by Crippen LogP contribution is -2.30. The molecule has 0 aliphatic carbocycles. The van der Waals surface area contributed by atoms with Crippen LogP contribution in [0, 0.1) is 6.92 Å². The summed E-state index contributed by atoms with van der Waals surface area (Å²) in [5.41, 5.74) is 2.54. The van der Waals surface area contributed by atoms with Crippen molar-refractivity contribution in [2.75, 3.05) is 5.32 Å². The Kier molecular flexibility index (Phi) is 4.38. The summed E-state index contributed by atoms with van der Waals surface area (Å²) >= 11 is 0. The number of aromatic amines is 1. The van der Waals surface area contributed by atoms with Gasteiger partial charge in [0.05, 0.1) is 12.2 Å². The van der Waals surface area contributed by atoms with Crippen molar-refractivity contribution >= 4 is 28.8 Å². The summed E-state index contributed by atoms with van der Waals surface area (Å²) in [6.45, 7) is 3.56. The van der Waals surface area contributed by atoms with Gasteiger partial charge in [-0.1, -0.05) is 5.16 Å². The van der Waals surface area contributed by atoms with Crippen LogP contribution in [0.15, 0.2) is 23.1 Å². The number of amides is 2. The van der Waals surface area contributed by atoms with Crippen LogP contribution in [0.4, 0.5) is 5.82 Å². The highest BCUT2D eigenvalue weighted by molar-refractivity contribution is 5.99. The molecule has 1 aliphatic rings. The van der Waals surface area contributed by atoms with Crippen molar-refractivity contribution < 1.29 is 14.1 Å². The Morgan fingerprint density at radius 2 is 2.10 bits per heavy atom. The first kappa shape index (κ1) is 18.8. The standard InChI is InChI=1S/C19H17N9O3/c1-8(23-19(30)15-10-3-4-14(29)26-16(10)22-7-21-15)13-5-11(28-31-13)17-25-12-6-20-9(2)24-18(12)27-17/h5-8H,3-4H2,1-2H3,(H,23,30)(H,20,24,25,27)(H,21,22,26,29)/t8-/m1/s1. The van der Waals surface area contributed by atoms with Crippen molar-refractivity contribution in [1.29, 1.82) is 0 Å². The fraction of sp³-hybridized carbons (Fsp3) is 0.263. The van der Waals surface area contributed by atoms with Crippen LogP contribution in [0.3, 0.4) is 0 Å². The third kappa shape index (κ3) is 3.47. The van der Waals surface area contributed by atoms with Crippen LogP contribution >= 0.6 is 0 Å². The lowest BCUT2D eigenvalue weighted by molar-refractivity contribution is -0.116. The van der Waals surface area contributed by atoms with Crippen LogP contribution < -0.4 is 10.6 Å². The van der Waals surface area contributed by atoms with Crippen LogP contribution in [0.5, 0.6) is 0 Å². The first-order valence-electron chi connectivity index (χ1n) is 9.59. The number of hydrogen-bond donors (Lipinski definition) is 3. The van der Waals surface area contributed by atoms with Gasteiger partial charge in [0.1, 0.15) is 34.9 Å². The van der Waals surface area contributed by atoms with Gasteiger partial charge in [-0.25, -0.2) is 24.9 Å². The second-order valence-corrected chi connectivity index (χ2v) is 7.14. The molecule has 2 amide bonds. The molecule has 5 rings (SSSR count). The van der Waals surface area contributed by atoms with Crippen molar-refractivity contribution in [1.82, 2.24) is 40.4 Å². The number of fused-ring (bicyclic) bond motifs is 2. The van der Waals surface area contributed by atoms with E-state index in [0.29, 0.717) is 52.1 Å². The number of nitrogens with zero attached hydrogens (tertiary/aromatic N) is 6. The molecule has 0 spiro atoms. The number of aryl methyl sites for hydroxylation is 1. The third-order valence-corrected chi connectivity index (χ3v) is 4.92. The van der Waals surface area contributed by atoms with E-state index in [1.54, 1.807) is 26.1 Å². The van der Waals surface area contributed by atoms with E-state index >= 15 is 0 Å². The van der Waals surface area contributed by atoms with E-state index in [-0.39, 0.29) is 18.0 Å². The molecule has 12 nitrogen and oxygen atoms in total. The lowest BCUT2D eigenvalue weighted by Gasteiger charge is -2.18. The molecule has 0 fully saturated rings. The van der Waals surface area contributed by atoms with Gasteiger partial charge in [0.2, 0.25) is 5.91 Å². The van der Waals surface area contributed by atoms with Gasteiger partial charge in [-0.3, -0.25) is 9.59 Å². The minimum Gasteiger partial charge on any atom is -0.358 e. The summed E-state index contributed by atoms with van der Waals surface area (Å²) in [7, 11) is 0. The van der Waals surface area contributed by atoms with Crippen molar-refractivity contribution in [3.05, 3.63) is 41.4 Å². The van der Waals surface area contributed by atoms with Crippen molar-refractivity contribution in [2.45, 2.75) is 32.7 Å². The quantitative estimate of drug-likeness (QED) is 0.444. The highest BCUT2D eigenvalue weighted by atomic mass is 16.5. The van der Waals surface area contributed by atoms with E-state index in [1.807, 2.05) is 0 Å². The predicted molar refractivity (Wildman–Crippen MR) is 107 cm³/mol. The van der Waals surface area contributed by atoms with Gasteiger partial charge in [0, 0.05) is 18.1 Å². The summed E-state index contributed by atoms with van der Waals surface area (Å²) in [5, 5.41) is 9.54. The number of anilines is 1. The number of hydrogen-bond acceptors (Lipinski definition) is 9. The van der Waals surface area contributed by atoms with E-state index in [4.69, 9.17) is 4.52 Å². The molecule has 1 aliphatic heterocycles. The number of nitrogens with one attached hydrogen (secondary N) is 3. The summed E-state index contributed by atoms with van der Waals surface area (Å²) in [4.78, 5) is 48.4. The second kappa shape index (κ2) is 7.23. The van der Waals surface area contributed by atoms with Crippen molar-refractivity contribution in [3.8, 4) is 11.5 Å². The number of H-pyrrole nitrogens is 1. The van der Waals surface area contributed by atoms with E-state index in [9.17, 15) is 9.59 Å². The average molecular weight is 419 g/mol. The number of rotatable bonds is 4. The Labute approximate surface area is 174 Å². The first-order chi connectivity index (χ1) is 15.0. The summed E-state index contributed by atoms with van der Waals surface area (Å²) < 4.78 is 5.41. The Hall–Kier alpha value is -4.22. The van der Waals surface area contributed by atoms with E-state index < -0.39 is 11.9 Å². The van der Waals surface area contributed by atoms with Gasteiger partial charge in [-0.05, 0) is 20.3 Å². The topological polar surface area (TPSA) is 164 Å². The summed E-state index contributed by atoms with van der Waals surface area (Å²) in [6.07, 6.45) is 3.57. The van der Waals surface area contributed by atoms with Gasteiger partial charge in [-0.15, -0.1) is 0 Å². The highest BCUT2D eigenvalue weighted by Gasteiger charge is 2.25.